The molecule has 0 N–H and O–H groups in total. The minimum atomic E-state index is -3.21. The van der Waals surface area contributed by atoms with E-state index >= 15 is 0 Å². The van der Waals surface area contributed by atoms with E-state index in [1.54, 1.807) is 24.3 Å². The first-order valence-corrected chi connectivity index (χ1v) is 10.8. The van der Waals surface area contributed by atoms with Gasteiger partial charge < -0.3 is 14.4 Å². The van der Waals surface area contributed by atoms with Gasteiger partial charge in [-0.25, -0.2) is 8.42 Å². The molecular weight excluding hydrogens is 356 g/mol. The van der Waals surface area contributed by atoms with Crippen molar-refractivity contribution in [2.75, 3.05) is 36.4 Å². The third-order valence-electron chi connectivity index (χ3n) is 5.27. The van der Waals surface area contributed by atoms with Gasteiger partial charge in [0.05, 0.1) is 30.7 Å². The predicted octanol–water partition coefficient (Wildman–Crippen LogP) is 1.59. The van der Waals surface area contributed by atoms with E-state index < -0.39 is 10.0 Å². The van der Waals surface area contributed by atoms with Crippen LogP contribution < -0.4 is 4.31 Å². The van der Waals surface area contributed by atoms with Crippen LogP contribution in [0.25, 0.3) is 0 Å². The number of benzene rings is 1. The molecule has 0 spiro atoms. The maximum Gasteiger partial charge on any atom is 0.254 e. The summed E-state index contributed by atoms with van der Waals surface area (Å²) in [5.74, 6) is 0.134. The Morgan fingerprint density at radius 1 is 1.00 bits per heavy atom. The molecule has 1 aromatic carbocycles. The van der Waals surface area contributed by atoms with Crippen LogP contribution in [-0.4, -0.2) is 63.6 Å². The van der Waals surface area contributed by atoms with Crippen LogP contribution in [0.2, 0.25) is 0 Å². The Morgan fingerprint density at radius 3 is 2.38 bits per heavy atom. The molecule has 4 rings (SSSR count). The standard InChI is InChI=1S/C18H24N2O5S/c21-17(19-9-2-1-4-16(19)18-24-11-12-25-18)14-5-7-15(8-6-14)20-10-3-13-26(20,22)23/h5-8,16,18H,1-4,9-13H2. The molecule has 8 heteroatoms. The van der Waals surface area contributed by atoms with Crippen molar-refractivity contribution in [3.8, 4) is 0 Å². The number of hydrogen-bond donors (Lipinski definition) is 0. The Labute approximate surface area is 153 Å². The van der Waals surface area contributed by atoms with Crippen molar-refractivity contribution in [3.63, 3.8) is 0 Å². The molecule has 1 aromatic rings. The van der Waals surface area contributed by atoms with Crippen LogP contribution in [0, 0.1) is 0 Å². The van der Waals surface area contributed by atoms with E-state index in [4.69, 9.17) is 9.47 Å². The minimum absolute atomic E-state index is 0.0513. The van der Waals surface area contributed by atoms with E-state index in [0.717, 1.165) is 19.3 Å². The molecule has 1 unspecified atom stereocenters. The Balaban J connectivity index is 1.52. The summed E-state index contributed by atoms with van der Waals surface area (Å²) >= 11 is 0. The largest absolute Gasteiger partial charge is 0.348 e. The van der Waals surface area contributed by atoms with Crippen molar-refractivity contribution in [3.05, 3.63) is 29.8 Å². The number of piperidine rings is 1. The lowest BCUT2D eigenvalue weighted by Crippen LogP contribution is -2.50. The van der Waals surface area contributed by atoms with Crippen LogP contribution in [0.4, 0.5) is 5.69 Å². The van der Waals surface area contributed by atoms with Crippen LogP contribution in [0.5, 0.6) is 0 Å². The molecule has 26 heavy (non-hydrogen) atoms. The van der Waals surface area contributed by atoms with Crippen molar-refractivity contribution in [1.29, 1.82) is 0 Å². The molecule has 0 bridgehead atoms. The van der Waals surface area contributed by atoms with Crippen LogP contribution >= 0.6 is 0 Å². The molecule has 0 aromatic heterocycles. The van der Waals surface area contributed by atoms with E-state index in [1.165, 1.54) is 4.31 Å². The van der Waals surface area contributed by atoms with Crippen molar-refractivity contribution in [2.24, 2.45) is 0 Å². The smallest absolute Gasteiger partial charge is 0.254 e. The van der Waals surface area contributed by atoms with E-state index in [1.807, 2.05) is 4.90 Å². The number of anilines is 1. The van der Waals surface area contributed by atoms with Crippen molar-refractivity contribution >= 4 is 21.6 Å². The second kappa shape index (κ2) is 7.17. The van der Waals surface area contributed by atoms with Gasteiger partial charge in [0.2, 0.25) is 10.0 Å². The first-order valence-electron chi connectivity index (χ1n) is 9.21. The fourth-order valence-electron chi connectivity index (χ4n) is 3.96. The molecule has 3 heterocycles. The minimum Gasteiger partial charge on any atom is -0.348 e. The molecule has 0 saturated carbocycles. The van der Waals surface area contributed by atoms with Crippen molar-refractivity contribution in [1.82, 2.24) is 4.90 Å². The number of likely N-dealkylation sites (tertiary alicyclic amines) is 1. The van der Waals surface area contributed by atoms with Gasteiger partial charge in [-0.15, -0.1) is 0 Å². The number of ether oxygens (including phenoxy) is 2. The number of nitrogens with zero attached hydrogens (tertiary/aromatic N) is 2. The van der Waals surface area contributed by atoms with E-state index in [2.05, 4.69) is 0 Å². The molecule has 0 aliphatic carbocycles. The highest BCUT2D eigenvalue weighted by Gasteiger charge is 2.36. The Morgan fingerprint density at radius 2 is 1.73 bits per heavy atom. The van der Waals surface area contributed by atoms with Crippen LogP contribution in [0.15, 0.2) is 24.3 Å². The zero-order valence-electron chi connectivity index (χ0n) is 14.7. The number of carbonyl (C=O) groups excluding carboxylic acids is 1. The average molecular weight is 380 g/mol. The third kappa shape index (κ3) is 3.33. The lowest BCUT2D eigenvalue weighted by Gasteiger charge is -2.38. The first-order chi connectivity index (χ1) is 12.6. The quantitative estimate of drug-likeness (QED) is 0.796. The van der Waals surface area contributed by atoms with Gasteiger partial charge in [0.25, 0.3) is 5.91 Å². The molecule has 1 amide bonds. The summed E-state index contributed by atoms with van der Waals surface area (Å²) in [5, 5.41) is 0. The molecule has 0 radical (unpaired) electrons. The fourth-order valence-corrected chi connectivity index (χ4v) is 5.52. The summed E-state index contributed by atoms with van der Waals surface area (Å²) in [5.41, 5.74) is 1.19. The summed E-state index contributed by atoms with van der Waals surface area (Å²) in [6, 6.07) is 6.81. The summed E-state index contributed by atoms with van der Waals surface area (Å²) in [6.45, 7) is 2.33. The zero-order valence-corrected chi connectivity index (χ0v) is 15.5. The van der Waals surface area contributed by atoms with Gasteiger partial charge in [-0.05, 0) is 49.9 Å². The molecule has 7 nitrogen and oxygen atoms in total. The summed E-state index contributed by atoms with van der Waals surface area (Å²) < 4.78 is 36.8. The zero-order chi connectivity index (χ0) is 18.1. The van der Waals surface area contributed by atoms with Crippen LogP contribution in [0.1, 0.15) is 36.0 Å². The van der Waals surface area contributed by atoms with E-state index in [-0.39, 0.29) is 24.0 Å². The molecular formula is C18H24N2O5S. The maximum absolute atomic E-state index is 13.0. The topological polar surface area (TPSA) is 76.2 Å². The highest BCUT2D eigenvalue weighted by Crippen LogP contribution is 2.28. The van der Waals surface area contributed by atoms with Gasteiger partial charge in [-0.2, -0.15) is 0 Å². The van der Waals surface area contributed by atoms with E-state index in [9.17, 15) is 13.2 Å². The van der Waals surface area contributed by atoms with E-state index in [0.29, 0.717) is 44.0 Å². The van der Waals surface area contributed by atoms with Gasteiger partial charge in [-0.1, -0.05) is 0 Å². The number of rotatable bonds is 3. The molecule has 1 atom stereocenters. The average Bonchev–Trinajstić information content (AvgIpc) is 3.30. The first kappa shape index (κ1) is 17.8. The number of amides is 1. The molecule has 142 valence electrons. The molecule has 3 saturated heterocycles. The van der Waals surface area contributed by atoms with Crippen LogP contribution in [0.3, 0.4) is 0 Å². The number of hydrogen-bond acceptors (Lipinski definition) is 5. The van der Waals surface area contributed by atoms with Crippen LogP contribution in [-0.2, 0) is 19.5 Å². The highest BCUT2D eigenvalue weighted by molar-refractivity contribution is 7.93. The van der Waals surface area contributed by atoms with Gasteiger partial charge in [0.15, 0.2) is 6.29 Å². The van der Waals surface area contributed by atoms with Crippen molar-refractivity contribution in [2.45, 2.75) is 38.0 Å². The number of sulfonamides is 1. The Kier molecular flexibility index (Phi) is 4.90. The maximum atomic E-state index is 13.0. The summed E-state index contributed by atoms with van der Waals surface area (Å²) in [6.07, 6.45) is 3.20. The normalized spacial score (nSPS) is 26.4. The summed E-state index contributed by atoms with van der Waals surface area (Å²) in [4.78, 5) is 14.9. The monoisotopic (exact) mass is 380 g/mol. The highest BCUT2D eigenvalue weighted by atomic mass is 32.2. The Bertz CT molecular complexity index is 758. The lowest BCUT2D eigenvalue weighted by molar-refractivity contribution is -0.100. The third-order valence-corrected chi connectivity index (χ3v) is 7.14. The second-order valence-electron chi connectivity index (χ2n) is 6.96. The van der Waals surface area contributed by atoms with Crippen molar-refractivity contribution < 1.29 is 22.7 Å². The second-order valence-corrected chi connectivity index (χ2v) is 8.97. The van der Waals surface area contributed by atoms with Gasteiger partial charge >= 0.3 is 0 Å². The molecule has 3 fully saturated rings. The summed E-state index contributed by atoms with van der Waals surface area (Å²) in [7, 11) is -3.21. The lowest BCUT2D eigenvalue weighted by atomic mass is 10.00. The molecule has 3 aliphatic heterocycles. The van der Waals surface area contributed by atoms with Gasteiger partial charge in [0.1, 0.15) is 0 Å². The van der Waals surface area contributed by atoms with Gasteiger partial charge in [0, 0.05) is 18.7 Å². The van der Waals surface area contributed by atoms with Gasteiger partial charge in [-0.3, -0.25) is 9.10 Å². The molecule has 3 aliphatic rings. The number of carbonyl (C=O) groups is 1. The fraction of sp³-hybridized carbons (Fsp3) is 0.611. The predicted molar refractivity (Wildman–Crippen MR) is 96.6 cm³/mol. The Hall–Kier alpha value is -1.64. The SMILES string of the molecule is O=C(c1ccc(N2CCCS2(=O)=O)cc1)N1CCCCC1C1OCCO1.